The Bertz CT molecular complexity index is 810. The predicted molar refractivity (Wildman–Crippen MR) is 92.5 cm³/mol. The molecule has 0 unspecified atom stereocenters. The summed E-state index contributed by atoms with van der Waals surface area (Å²) in [5.41, 5.74) is 0.679. The SMILES string of the molecule is COc1cccc(C(=O)NC(=S)Nc2ccc(C(=O)[O-])c(Cl)c2)c1. The zero-order chi connectivity index (χ0) is 17.7. The number of ether oxygens (including phenoxy) is 1. The van der Waals surface area contributed by atoms with Crippen LogP contribution in [0.3, 0.4) is 0 Å². The maximum absolute atomic E-state index is 12.1. The molecule has 6 nitrogen and oxygen atoms in total. The first kappa shape index (κ1) is 17.7. The molecule has 124 valence electrons. The van der Waals surface area contributed by atoms with Crippen LogP contribution in [0.25, 0.3) is 0 Å². The maximum Gasteiger partial charge on any atom is 0.257 e. The highest BCUT2D eigenvalue weighted by Crippen LogP contribution is 2.20. The summed E-state index contributed by atoms with van der Waals surface area (Å²) in [5.74, 6) is -1.24. The largest absolute Gasteiger partial charge is 0.545 e. The molecule has 0 aliphatic rings. The Hall–Kier alpha value is -2.64. The van der Waals surface area contributed by atoms with Crippen LogP contribution in [0.4, 0.5) is 5.69 Å². The van der Waals surface area contributed by atoms with Crippen molar-refractivity contribution in [3.63, 3.8) is 0 Å². The second-order valence-electron chi connectivity index (χ2n) is 4.62. The second kappa shape index (κ2) is 7.76. The van der Waals surface area contributed by atoms with Gasteiger partial charge in [-0.2, -0.15) is 0 Å². The van der Waals surface area contributed by atoms with E-state index in [1.54, 1.807) is 24.3 Å². The molecule has 0 atom stereocenters. The van der Waals surface area contributed by atoms with Gasteiger partial charge in [0.25, 0.3) is 5.91 Å². The monoisotopic (exact) mass is 363 g/mol. The van der Waals surface area contributed by atoms with Crippen LogP contribution in [-0.4, -0.2) is 24.1 Å². The zero-order valence-electron chi connectivity index (χ0n) is 12.5. The number of halogens is 1. The normalized spacial score (nSPS) is 9.92. The van der Waals surface area contributed by atoms with Crippen molar-refractivity contribution in [3.05, 3.63) is 58.6 Å². The van der Waals surface area contributed by atoms with Gasteiger partial charge in [-0.15, -0.1) is 0 Å². The molecular weight excluding hydrogens is 352 g/mol. The van der Waals surface area contributed by atoms with Gasteiger partial charge in [0.05, 0.1) is 18.1 Å². The van der Waals surface area contributed by atoms with Gasteiger partial charge in [0.15, 0.2) is 5.11 Å². The van der Waals surface area contributed by atoms with E-state index in [2.05, 4.69) is 10.6 Å². The van der Waals surface area contributed by atoms with Gasteiger partial charge in [-0.1, -0.05) is 17.7 Å². The Balaban J connectivity index is 2.03. The third kappa shape index (κ3) is 4.43. The van der Waals surface area contributed by atoms with Gasteiger partial charge in [-0.3, -0.25) is 10.1 Å². The number of amides is 1. The van der Waals surface area contributed by atoms with Crippen molar-refractivity contribution in [1.29, 1.82) is 0 Å². The lowest BCUT2D eigenvalue weighted by Crippen LogP contribution is -2.34. The summed E-state index contributed by atoms with van der Waals surface area (Å²) < 4.78 is 5.05. The molecule has 8 heteroatoms. The number of carboxylic acids is 1. The third-order valence-corrected chi connectivity index (χ3v) is 3.52. The van der Waals surface area contributed by atoms with Crippen molar-refractivity contribution in [2.75, 3.05) is 12.4 Å². The number of carbonyl (C=O) groups excluding carboxylic acids is 2. The Morgan fingerprint density at radius 1 is 1.21 bits per heavy atom. The molecule has 2 N–H and O–H groups in total. The molecule has 2 rings (SSSR count). The van der Waals surface area contributed by atoms with E-state index in [1.165, 1.54) is 25.3 Å². The van der Waals surface area contributed by atoms with Crippen LogP contribution in [0, 0.1) is 0 Å². The van der Waals surface area contributed by atoms with Crippen LogP contribution in [0.1, 0.15) is 20.7 Å². The van der Waals surface area contributed by atoms with Crippen LogP contribution in [0.5, 0.6) is 5.75 Å². The molecule has 0 saturated carbocycles. The van der Waals surface area contributed by atoms with Crippen molar-refractivity contribution in [2.45, 2.75) is 0 Å². The molecule has 0 spiro atoms. The highest BCUT2D eigenvalue weighted by atomic mass is 35.5. The lowest BCUT2D eigenvalue weighted by Gasteiger charge is -2.12. The summed E-state index contributed by atoms with van der Waals surface area (Å²) in [7, 11) is 1.50. The summed E-state index contributed by atoms with van der Waals surface area (Å²) >= 11 is 10.9. The molecule has 2 aromatic carbocycles. The van der Waals surface area contributed by atoms with E-state index >= 15 is 0 Å². The highest BCUT2D eigenvalue weighted by molar-refractivity contribution is 7.80. The van der Waals surface area contributed by atoms with Crippen LogP contribution in [0.15, 0.2) is 42.5 Å². The number of nitrogens with one attached hydrogen (secondary N) is 2. The fourth-order valence-electron chi connectivity index (χ4n) is 1.86. The lowest BCUT2D eigenvalue weighted by molar-refractivity contribution is -0.255. The standard InChI is InChI=1S/C16H13ClN2O4S/c1-23-11-4-2-3-9(7-11)14(20)19-16(24)18-10-5-6-12(15(21)22)13(17)8-10/h2-8H,1H3,(H,21,22)(H2,18,19,20,24)/p-1. The number of aromatic carboxylic acids is 1. The number of benzene rings is 2. The number of anilines is 1. The van der Waals surface area contributed by atoms with Gasteiger partial charge in [0.1, 0.15) is 5.75 Å². The van der Waals surface area contributed by atoms with E-state index < -0.39 is 11.9 Å². The Morgan fingerprint density at radius 3 is 2.58 bits per heavy atom. The van der Waals surface area contributed by atoms with Gasteiger partial charge >= 0.3 is 0 Å². The fraction of sp³-hybridized carbons (Fsp3) is 0.0625. The molecule has 0 aromatic heterocycles. The summed E-state index contributed by atoms with van der Waals surface area (Å²) in [4.78, 5) is 22.9. The molecule has 0 fully saturated rings. The van der Waals surface area contributed by atoms with E-state index in [0.717, 1.165) is 0 Å². The topological polar surface area (TPSA) is 90.5 Å². The van der Waals surface area contributed by atoms with Crippen molar-refractivity contribution in [2.24, 2.45) is 0 Å². The summed E-state index contributed by atoms with van der Waals surface area (Å²) in [6.45, 7) is 0. The number of carboxylic acid groups (broad SMARTS) is 1. The van der Waals surface area contributed by atoms with Crippen LogP contribution in [0.2, 0.25) is 5.02 Å². The van der Waals surface area contributed by atoms with E-state index in [4.69, 9.17) is 28.6 Å². The Kier molecular flexibility index (Phi) is 5.73. The van der Waals surface area contributed by atoms with Crippen LogP contribution < -0.4 is 20.5 Å². The van der Waals surface area contributed by atoms with Crippen molar-refractivity contribution in [1.82, 2.24) is 5.32 Å². The average Bonchev–Trinajstić information content (AvgIpc) is 2.54. The fourth-order valence-corrected chi connectivity index (χ4v) is 2.33. The van der Waals surface area contributed by atoms with Gasteiger partial charge < -0.3 is 20.0 Å². The smallest absolute Gasteiger partial charge is 0.257 e. The summed E-state index contributed by atoms with van der Waals surface area (Å²) in [6.07, 6.45) is 0. The van der Waals surface area contributed by atoms with Crippen molar-refractivity contribution >= 4 is 46.5 Å². The molecule has 0 aliphatic carbocycles. The minimum atomic E-state index is -1.37. The second-order valence-corrected chi connectivity index (χ2v) is 5.44. The first-order chi connectivity index (χ1) is 11.4. The Morgan fingerprint density at radius 2 is 1.96 bits per heavy atom. The zero-order valence-corrected chi connectivity index (χ0v) is 14.0. The quantitative estimate of drug-likeness (QED) is 0.805. The molecule has 0 saturated heterocycles. The number of thiocarbonyl (C=S) groups is 1. The third-order valence-electron chi connectivity index (χ3n) is 3.01. The highest BCUT2D eigenvalue weighted by Gasteiger charge is 2.10. The van der Waals surface area contributed by atoms with E-state index in [-0.39, 0.29) is 15.7 Å². The molecule has 1 amide bonds. The summed E-state index contributed by atoms with van der Waals surface area (Å²) in [5, 5.41) is 16.1. The first-order valence-corrected chi connectivity index (χ1v) is 7.46. The number of hydrogen-bond acceptors (Lipinski definition) is 5. The van der Waals surface area contributed by atoms with Crippen LogP contribution >= 0.6 is 23.8 Å². The van der Waals surface area contributed by atoms with Gasteiger partial charge in [-0.25, -0.2) is 0 Å². The lowest BCUT2D eigenvalue weighted by atomic mass is 10.2. The average molecular weight is 364 g/mol. The van der Waals surface area contributed by atoms with E-state index in [1.807, 2.05) is 0 Å². The van der Waals surface area contributed by atoms with Crippen molar-refractivity contribution in [3.8, 4) is 5.75 Å². The first-order valence-electron chi connectivity index (χ1n) is 6.68. The number of hydrogen-bond donors (Lipinski definition) is 2. The van der Waals surface area contributed by atoms with E-state index in [9.17, 15) is 14.7 Å². The predicted octanol–water partition coefficient (Wildman–Crippen LogP) is 1.84. The minimum absolute atomic E-state index is 0.00178. The van der Waals surface area contributed by atoms with Crippen molar-refractivity contribution < 1.29 is 19.4 Å². The molecular formula is C16H12ClN2O4S-. The van der Waals surface area contributed by atoms with Gasteiger partial charge in [0, 0.05) is 16.8 Å². The molecule has 24 heavy (non-hydrogen) atoms. The molecule has 0 aliphatic heterocycles. The summed E-state index contributed by atoms with van der Waals surface area (Å²) in [6, 6.07) is 10.7. The molecule has 0 bridgehead atoms. The van der Waals surface area contributed by atoms with Gasteiger partial charge in [-0.05, 0) is 48.6 Å². The van der Waals surface area contributed by atoms with Gasteiger partial charge in [0.2, 0.25) is 0 Å². The molecule has 2 aromatic rings. The molecule has 0 heterocycles. The number of carbonyl (C=O) groups is 2. The van der Waals surface area contributed by atoms with E-state index in [0.29, 0.717) is 17.0 Å². The Labute approximate surface area is 148 Å². The number of rotatable bonds is 4. The maximum atomic E-state index is 12.1. The van der Waals surface area contributed by atoms with Crippen LogP contribution in [-0.2, 0) is 0 Å². The molecule has 0 radical (unpaired) electrons. The number of methoxy groups -OCH3 is 1. The minimum Gasteiger partial charge on any atom is -0.545 e.